The largest absolute Gasteiger partial charge is 0.383 e. The normalized spacial score (nSPS) is 11.4. The second kappa shape index (κ2) is 5.79. The van der Waals surface area contributed by atoms with Gasteiger partial charge in [-0.1, -0.05) is 24.3 Å². The van der Waals surface area contributed by atoms with Crippen LogP contribution >= 0.6 is 11.3 Å². The monoisotopic (exact) mass is 298 g/mol. The van der Waals surface area contributed by atoms with Gasteiger partial charge in [-0.25, -0.2) is 9.97 Å². The Kier molecular flexibility index (Phi) is 3.86. The molecule has 0 spiro atoms. The number of nitrogens with zero attached hydrogens (tertiary/aromatic N) is 3. The number of nitrogen functional groups attached to an aromatic ring is 1. The zero-order valence-electron chi connectivity index (χ0n) is 12.2. The Hall–Kier alpha value is -1.98. The molecule has 1 aromatic carbocycles. The summed E-state index contributed by atoms with van der Waals surface area (Å²) >= 11 is 1.60. The highest BCUT2D eigenvalue weighted by Gasteiger charge is 2.09. The Morgan fingerprint density at radius 3 is 2.76 bits per heavy atom. The summed E-state index contributed by atoms with van der Waals surface area (Å²) in [5, 5.41) is 2.95. The number of thiophene rings is 1. The maximum Gasteiger partial charge on any atom is 0.146 e. The van der Waals surface area contributed by atoms with Crippen molar-refractivity contribution in [3.05, 3.63) is 52.7 Å². The number of aromatic nitrogens is 2. The van der Waals surface area contributed by atoms with E-state index in [9.17, 15) is 0 Å². The molecule has 5 heteroatoms. The molecular weight excluding hydrogens is 280 g/mol. The number of fused-ring (bicyclic) bond motifs is 1. The minimum Gasteiger partial charge on any atom is -0.383 e. The number of hydrogen-bond acceptors (Lipinski definition) is 5. The smallest absolute Gasteiger partial charge is 0.146 e. The molecule has 0 aliphatic rings. The van der Waals surface area contributed by atoms with Crippen LogP contribution in [0.3, 0.4) is 0 Å². The van der Waals surface area contributed by atoms with Gasteiger partial charge in [-0.05, 0) is 36.5 Å². The summed E-state index contributed by atoms with van der Waals surface area (Å²) in [4.78, 5) is 12.2. The molecule has 0 fully saturated rings. The number of nitrogens with two attached hydrogens (primary N) is 1. The molecule has 2 heterocycles. The Labute approximate surface area is 128 Å². The first-order chi connectivity index (χ1) is 10.1. The minimum atomic E-state index is 0.570. The molecule has 3 aromatic rings. The molecule has 4 nitrogen and oxygen atoms in total. The molecule has 2 N–H and O–H groups in total. The Morgan fingerprint density at radius 2 is 1.95 bits per heavy atom. The lowest BCUT2D eigenvalue weighted by molar-refractivity contribution is 0.310. The van der Waals surface area contributed by atoms with E-state index in [1.54, 1.807) is 11.3 Å². The van der Waals surface area contributed by atoms with Crippen LogP contribution in [0.25, 0.3) is 10.2 Å². The van der Waals surface area contributed by atoms with Crippen LogP contribution in [0.15, 0.2) is 35.7 Å². The highest BCUT2D eigenvalue weighted by molar-refractivity contribution is 7.16. The van der Waals surface area contributed by atoms with Gasteiger partial charge in [0.15, 0.2) is 0 Å². The van der Waals surface area contributed by atoms with Crippen molar-refractivity contribution in [2.75, 3.05) is 12.8 Å². The number of hydrogen-bond donors (Lipinski definition) is 1. The van der Waals surface area contributed by atoms with Crippen molar-refractivity contribution in [2.45, 2.75) is 20.0 Å². The molecule has 0 saturated carbocycles. The predicted octanol–water partition coefficient (Wildman–Crippen LogP) is 3.21. The molecule has 0 aliphatic carbocycles. The molecule has 108 valence electrons. The lowest BCUT2D eigenvalue weighted by atomic mass is 10.1. The summed E-state index contributed by atoms with van der Waals surface area (Å²) in [5.41, 5.74) is 8.62. The van der Waals surface area contributed by atoms with Gasteiger partial charge >= 0.3 is 0 Å². The van der Waals surface area contributed by atoms with Gasteiger partial charge in [0.05, 0.1) is 11.9 Å². The van der Waals surface area contributed by atoms with Crippen molar-refractivity contribution < 1.29 is 0 Å². The van der Waals surface area contributed by atoms with E-state index in [0.717, 1.165) is 22.6 Å². The zero-order valence-corrected chi connectivity index (χ0v) is 13.0. The second-order valence-corrected chi connectivity index (χ2v) is 6.16. The second-order valence-electron chi connectivity index (χ2n) is 5.26. The molecule has 0 atom stereocenters. The summed E-state index contributed by atoms with van der Waals surface area (Å²) < 4.78 is 0. The van der Waals surface area contributed by atoms with Gasteiger partial charge in [-0.15, -0.1) is 11.3 Å². The fourth-order valence-corrected chi connectivity index (χ4v) is 3.16. The van der Waals surface area contributed by atoms with E-state index in [2.05, 4.69) is 53.1 Å². The maximum absolute atomic E-state index is 5.99. The van der Waals surface area contributed by atoms with Crippen LogP contribution in [0.1, 0.15) is 17.0 Å². The summed E-state index contributed by atoms with van der Waals surface area (Å²) in [6, 6.07) is 10.4. The summed E-state index contributed by atoms with van der Waals surface area (Å²) in [6.45, 7) is 3.69. The number of aryl methyl sites for hydroxylation is 1. The maximum atomic E-state index is 5.99. The van der Waals surface area contributed by atoms with Gasteiger partial charge in [0.25, 0.3) is 0 Å². The third-order valence-corrected chi connectivity index (χ3v) is 4.32. The van der Waals surface area contributed by atoms with Crippen molar-refractivity contribution >= 4 is 27.4 Å². The fourth-order valence-electron chi connectivity index (χ4n) is 2.37. The SMILES string of the molecule is Cc1ccccc1CN(C)Cc1nc(N)c2ccsc2n1. The number of anilines is 1. The van der Waals surface area contributed by atoms with Gasteiger partial charge in [0.1, 0.15) is 16.5 Å². The van der Waals surface area contributed by atoms with Gasteiger partial charge in [-0.3, -0.25) is 4.90 Å². The highest BCUT2D eigenvalue weighted by Crippen LogP contribution is 2.23. The average molecular weight is 298 g/mol. The molecule has 0 radical (unpaired) electrons. The first-order valence-electron chi connectivity index (χ1n) is 6.86. The molecule has 0 amide bonds. The summed E-state index contributed by atoms with van der Waals surface area (Å²) in [6.07, 6.45) is 0. The Morgan fingerprint density at radius 1 is 1.14 bits per heavy atom. The average Bonchev–Trinajstić information content (AvgIpc) is 2.90. The lowest BCUT2D eigenvalue weighted by Crippen LogP contribution is -2.19. The quantitative estimate of drug-likeness (QED) is 0.803. The third kappa shape index (κ3) is 3.04. The van der Waals surface area contributed by atoms with Crippen molar-refractivity contribution in [3.8, 4) is 0 Å². The van der Waals surface area contributed by atoms with Crippen LogP contribution in [0.5, 0.6) is 0 Å². The molecule has 3 rings (SSSR count). The molecular formula is C16H18N4S. The van der Waals surface area contributed by atoms with Crippen molar-refractivity contribution in [1.29, 1.82) is 0 Å². The molecule has 0 saturated heterocycles. The van der Waals surface area contributed by atoms with Crippen molar-refractivity contribution in [1.82, 2.24) is 14.9 Å². The lowest BCUT2D eigenvalue weighted by Gasteiger charge is -2.17. The van der Waals surface area contributed by atoms with Crippen LogP contribution in [0.2, 0.25) is 0 Å². The van der Waals surface area contributed by atoms with Gasteiger partial charge in [0.2, 0.25) is 0 Å². The molecule has 0 unspecified atom stereocenters. The number of rotatable bonds is 4. The highest BCUT2D eigenvalue weighted by atomic mass is 32.1. The minimum absolute atomic E-state index is 0.570. The van der Waals surface area contributed by atoms with Crippen LogP contribution in [-0.4, -0.2) is 21.9 Å². The van der Waals surface area contributed by atoms with Crippen LogP contribution in [-0.2, 0) is 13.1 Å². The van der Waals surface area contributed by atoms with E-state index in [1.165, 1.54) is 11.1 Å². The molecule has 0 aliphatic heterocycles. The standard InChI is InChI=1S/C16H18N4S/c1-11-5-3-4-6-12(11)9-20(2)10-14-18-15(17)13-7-8-21-16(13)19-14/h3-8H,9-10H2,1-2H3,(H2,17,18,19). The van der Waals surface area contributed by atoms with Crippen molar-refractivity contribution in [2.24, 2.45) is 0 Å². The van der Waals surface area contributed by atoms with Crippen LogP contribution in [0, 0.1) is 6.92 Å². The molecule has 21 heavy (non-hydrogen) atoms. The van der Waals surface area contributed by atoms with Gasteiger partial charge in [-0.2, -0.15) is 0 Å². The van der Waals surface area contributed by atoms with E-state index < -0.39 is 0 Å². The van der Waals surface area contributed by atoms with E-state index in [-0.39, 0.29) is 0 Å². The van der Waals surface area contributed by atoms with Gasteiger partial charge < -0.3 is 5.73 Å². The van der Waals surface area contributed by atoms with E-state index in [4.69, 9.17) is 5.73 Å². The van der Waals surface area contributed by atoms with E-state index in [1.807, 2.05) is 11.4 Å². The Bertz CT molecular complexity index is 766. The third-order valence-electron chi connectivity index (χ3n) is 3.51. The topological polar surface area (TPSA) is 55.0 Å². The Balaban J connectivity index is 1.77. The van der Waals surface area contributed by atoms with Crippen LogP contribution in [0.4, 0.5) is 5.82 Å². The first-order valence-corrected chi connectivity index (χ1v) is 7.74. The summed E-state index contributed by atoms with van der Waals surface area (Å²) in [7, 11) is 2.07. The zero-order chi connectivity index (χ0) is 14.8. The molecule has 0 bridgehead atoms. The van der Waals surface area contributed by atoms with E-state index >= 15 is 0 Å². The van der Waals surface area contributed by atoms with E-state index in [0.29, 0.717) is 12.4 Å². The predicted molar refractivity (Wildman–Crippen MR) is 88.2 cm³/mol. The number of benzene rings is 1. The molecule has 2 aromatic heterocycles. The van der Waals surface area contributed by atoms with Crippen LogP contribution < -0.4 is 5.73 Å². The van der Waals surface area contributed by atoms with Crippen molar-refractivity contribution in [3.63, 3.8) is 0 Å². The fraction of sp³-hybridized carbons (Fsp3) is 0.250. The summed E-state index contributed by atoms with van der Waals surface area (Å²) in [5.74, 6) is 1.35. The van der Waals surface area contributed by atoms with Gasteiger partial charge in [0, 0.05) is 6.54 Å². The first kappa shape index (κ1) is 14.0.